The first-order valence-electron chi connectivity index (χ1n) is 5.90. The van der Waals surface area contributed by atoms with Crippen molar-refractivity contribution in [3.8, 4) is 0 Å². The van der Waals surface area contributed by atoms with Gasteiger partial charge in [0.25, 0.3) is 0 Å². The zero-order chi connectivity index (χ0) is 14.6. The van der Waals surface area contributed by atoms with Crippen molar-refractivity contribution in [1.29, 1.82) is 0 Å². The standard InChI is InChI=1S/C12H19FN2O3S/c1-4-15(9(2)8-18-3)19(16,17)10-5-6-12(14)11(13)7-10/h5-7,9H,4,8,14H2,1-3H3. The lowest BCUT2D eigenvalue weighted by molar-refractivity contribution is 0.142. The van der Waals surface area contributed by atoms with Crippen LogP contribution in [-0.4, -0.2) is 39.0 Å². The first-order chi connectivity index (χ1) is 8.84. The minimum absolute atomic E-state index is 0.0769. The van der Waals surface area contributed by atoms with Gasteiger partial charge in [-0.15, -0.1) is 0 Å². The number of nitrogen functional groups attached to an aromatic ring is 1. The summed E-state index contributed by atoms with van der Waals surface area (Å²) in [6.07, 6.45) is 0. The fourth-order valence-electron chi connectivity index (χ4n) is 1.85. The third-order valence-electron chi connectivity index (χ3n) is 2.79. The molecular formula is C12H19FN2O3S. The van der Waals surface area contributed by atoms with Gasteiger partial charge in [-0.3, -0.25) is 0 Å². The first kappa shape index (κ1) is 15.9. The van der Waals surface area contributed by atoms with Crippen LogP contribution in [0.25, 0.3) is 0 Å². The van der Waals surface area contributed by atoms with Crippen molar-refractivity contribution in [2.45, 2.75) is 24.8 Å². The largest absolute Gasteiger partial charge is 0.396 e. The van der Waals surface area contributed by atoms with Crippen molar-refractivity contribution < 1.29 is 17.5 Å². The summed E-state index contributed by atoms with van der Waals surface area (Å²) in [5, 5.41) is 0. The molecule has 0 amide bonds. The molecule has 1 unspecified atom stereocenters. The van der Waals surface area contributed by atoms with Gasteiger partial charge in [-0.1, -0.05) is 6.92 Å². The quantitative estimate of drug-likeness (QED) is 0.805. The summed E-state index contributed by atoms with van der Waals surface area (Å²) in [5.41, 5.74) is 5.27. The van der Waals surface area contributed by atoms with E-state index in [1.165, 1.54) is 23.5 Å². The SMILES string of the molecule is CCN(C(C)COC)S(=O)(=O)c1ccc(N)c(F)c1. The summed E-state index contributed by atoms with van der Waals surface area (Å²) in [5.74, 6) is -0.739. The van der Waals surface area contributed by atoms with Crippen molar-refractivity contribution in [2.24, 2.45) is 0 Å². The van der Waals surface area contributed by atoms with Crippen LogP contribution in [-0.2, 0) is 14.8 Å². The summed E-state index contributed by atoms with van der Waals surface area (Å²) < 4.78 is 44.4. The molecule has 0 aliphatic heterocycles. The second kappa shape index (κ2) is 6.31. The van der Waals surface area contributed by atoms with E-state index in [0.717, 1.165) is 6.07 Å². The van der Waals surface area contributed by atoms with E-state index in [1.54, 1.807) is 13.8 Å². The van der Waals surface area contributed by atoms with Crippen LogP contribution in [0.3, 0.4) is 0 Å². The molecule has 0 fully saturated rings. The third kappa shape index (κ3) is 3.43. The lowest BCUT2D eigenvalue weighted by atomic mass is 10.3. The van der Waals surface area contributed by atoms with E-state index in [0.29, 0.717) is 0 Å². The maximum atomic E-state index is 13.4. The minimum Gasteiger partial charge on any atom is -0.396 e. The monoisotopic (exact) mass is 290 g/mol. The molecule has 0 spiro atoms. The summed E-state index contributed by atoms with van der Waals surface area (Å²) in [7, 11) is -2.25. The van der Waals surface area contributed by atoms with Crippen molar-refractivity contribution >= 4 is 15.7 Å². The van der Waals surface area contributed by atoms with Gasteiger partial charge < -0.3 is 10.5 Å². The number of rotatable bonds is 6. The summed E-state index contributed by atoms with van der Waals surface area (Å²) in [4.78, 5) is -0.107. The number of hydrogen-bond donors (Lipinski definition) is 1. The Morgan fingerprint density at radius 1 is 1.47 bits per heavy atom. The van der Waals surface area contributed by atoms with E-state index >= 15 is 0 Å². The Hall–Kier alpha value is -1.18. The summed E-state index contributed by atoms with van der Waals surface area (Å²) >= 11 is 0. The zero-order valence-electron chi connectivity index (χ0n) is 11.3. The molecule has 0 aliphatic rings. The number of anilines is 1. The minimum atomic E-state index is -3.75. The number of sulfonamides is 1. The normalized spacial score (nSPS) is 13.7. The smallest absolute Gasteiger partial charge is 0.243 e. The van der Waals surface area contributed by atoms with Crippen molar-refractivity contribution in [3.63, 3.8) is 0 Å². The highest BCUT2D eigenvalue weighted by Gasteiger charge is 2.28. The maximum Gasteiger partial charge on any atom is 0.243 e. The molecule has 1 atom stereocenters. The number of benzene rings is 1. The van der Waals surface area contributed by atoms with Crippen LogP contribution in [0, 0.1) is 5.82 Å². The van der Waals surface area contributed by atoms with Gasteiger partial charge >= 0.3 is 0 Å². The van der Waals surface area contributed by atoms with E-state index in [-0.39, 0.29) is 29.8 Å². The van der Waals surface area contributed by atoms with Crippen molar-refractivity contribution in [2.75, 3.05) is 26.0 Å². The average Bonchev–Trinajstić information content (AvgIpc) is 2.33. The Balaban J connectivity index is 3.16. The highest BCUT2D eigenvalue weighted by Crippen LogP contribution is 2.21. The molecule has 7 heteroatoms. The lowest BCUT2D eigenvalue weighted by Crippen LogP contribution is -2.40. The molecule has 19 heavy (non-hydrogen) atoms. The Labute approximate surface area is 113 Å². The molecule has 0 radical (unpaired) electrons. The van der Waals surface area contributed by atoms with E-state index in [2.05, 4.69) is 0 Å². The Morgan fingerprint density at radius 3 is 2.58 bits per heavy atom. The molecule has 0 saturated heterocycles. The number of halogens is 1. The number of likely N-dealkylation sites (N-methyl/N-ethyl adjacent to an activating group) is 1. The van der Waals surface area contributed by atoms with Crippen LogP contribution in [0.2, 0.25) is 0 Å². The highest BCUT2D eigenvalue weighted by atomic mass is 32.2. The van der Waals surface area contributed by atoms with E-state index < -0.39 is 15.8 Å². The molecular weight excluding hydrogens is 271 g/mol. The molecule has 1 aromatic rings. The topological polar surface area (TPSA) is 72.6 Å². The lowest BCUT2D eigenvalue weighted by Gasteiger charge is -2.26. The van der Waals surface area contributed by atoms with Gasteiger partial charge in [-0.25, -0.2) is 12.8 Å². The molecule has 0 heterocycles. The van der Waals surface area contributed by atoms with Gasteiger partial charge in [-0.05, 0) is 25.1 Å². The van der Waals surface area contributed by atoms with Crippen LogP contribution < -0.4 is 5.73 Å². The first-order valence-corrected chi connectivity index (χ1v) is 7.34. The van der Waals surface area contributed by atoms with Crippen molar-refractivity contribution in [1.82, 2.24) is 4.31 Å². The Morgan fingerprint density at radius 2 is 2.11 bits per heavy atom. The van der Waals surface area contributed by atoms with Gasteiger partial charge in [0.1, 0.15) is 5.82 Å². The predicted molar refractivity (Wildman–Crippen MR) is 71.7 cm³/mol. The van der Waals surface area contributed by atoms with E-state index in [1.807, 2.05) is 0 Å². The van der Waals surface area contributed by atoms with Gasteiger partial charge in [0, 0.05) is 19.7 Å². The van der Waals surface area contributed by atoms with Gasteiger partial charge in [0.05, 0.1) is 17.2 Å². The van der Waals surface area contributed by atoms with E-state index in [9.17, 15) is 12.8 Å². The second-order valence-electron chi connectivity index (χ2n) is 4.20. The van der Waals surface area contributed by atoms with Crippen LogP contribution in [0.4, 0.5) is 10.1 Å². The number of ether oxygens (including phenoxy) is 1. The van der Waals surface area contributed by atoms with Crippen LogP contribution >= 0.6 is 0 Å². The van der Waals surface area contributed by atoms with Gasteiger partial charge in [-0.2, -0.15) is 4.31 Å². The summed E-state index contributed by atoms with van der Waals surface area (Å²) in [6.45, 7) is 4.00. The van der Waals surface area contributed by atoms with Gasteiger partial charge in [0.2, 0.25) is 10.0 Å². The second-order valence-corrected chi connectivity index (χ2v) is 6.09. The Kier molecular flexibility index (Phi) is 5.28. The number of hydrogen-bond acceptors (Lipinski definition) is 4. The molecule has 0 aromatic heterocycles. The molecule has 5 nitrogen and oxygen atoms in total. The number of nitrogens with zero attached hydrogens (tertiary/aromatic N) is 1. The third-order valence-corrected chi connectivity index (χ3v) is 4.87. The van der Waals surface area contributed by atoms with Gasteiger partial charge in [0.15, 0.2) is 0 Å². The summed E-state index contributed by atoms with van der Waals surface area (Å²) in [6, 6.07) is 3.15. The number of nitrogens with two attached hydrogens (primary N) is 1. The maximum absolute atomic E-state index is 13.4. The molecule has 2 N–H and O–H groups in total. The zero-order valence-corrected chi connectivity index (χ0v) is 12.1. The fraction of sp³-hybridized carbons (Fsp3) is 0.500. The molecule has 1 rings (SSSR count). The molecule has 0 bridgehead atoms. The highest BCUT2D eigenvalue weighted by molar-refractivity contribution is 7.89. The fourth-order valence-corrected chi connectivity index (χ4v) is 3.48. The molecule has 0 saturated carbocycles. The van der Waals surface area contributed by atoms with Crippen molar-refractivity contribution in [3.05, 3.63) is 24.0 Å². The molecule has 108 valence electrons. The average molecular weight is 290 g/mol. The van der Waals surface area contributed by atoms with Crippen LogP contribution in [0.5, 0.6) is 0 Å². The van der Waals surface area contributed by atoms with Crippen LogP contribution in [0.15, 0.2) is 23.1 Å². The van der Waals surface area contributed by atoms with Crippen LogP contribution in [0.1, 0.15) is 13.8 Å². The Bertz CT molecular complexity index is 534. The predicted octanol–water partition coefficient (Wildman–Crippen LogP) is 1.45. The molecule has 1 aromatic carbocycles. The molecule has 0 aliphatic carbocycles. The van der Waals surface area contributed by atoms with E-state index in [4.69, 9.17) is 10.5 Å². The number of methoxy groups -OCH3 is 1.